The zero-order valence-electron chi connectivity index (χ0n) is 14.1. The van der Waals surface area contributed by atoms with Crippen LogP contribution in [0.5, 0.6) is 5.75 Å². The summed E-state index contributed by atoms with van der Waals surface area (Å²) in [5.41, 5.74) is 2.08. The molecule has 0 bridgehead atoms. The summed E-state index contributed by atoms with van der Waals surface area (Å²) < 4.78 is 5.41. The molecule has 1 aromatic rings. The second-order valence-electron chi connectivity index (χ2n) is 5.91. The summed E-state index contributed by atoms with van der Waals surface area (Å²) in [6, 6.07) is 3.77. The molecule has 1 saturated heterocycles. The van der Waals surface area contributed by atoms with E-state index < -0.39 is 0 Å². The fourth-order valence-corrected chi connectivity index (χ4v) is 2.70. The van der Waals surface area contributed by atoms with Gasteiger partial charge in [0.05, 0.1) is 19.8 Å². The molecule has 23 heavy (non-hydrogen) atoms. The largest absolute Gasteiger partial charge is 0.507 e. The first-order valence-electron chi connectivity index (χ1n) is 8.25. The fourth-order valence-electron chi connectivity index (χ4n) is 2.70. The van der Waals surface area contributed by atoms with Crippen LogP contribution in [0.3, 0.4) is 0 Å². The molecule has 1 aromatic carbocycles. The van der Waals surface area contributed by atoms with Gasteiger partial charge in [0.1, 0.15) is 5.75 Å². The summed E-state index contributed by atoms with van der Waals surface area (Å²) in [4.78, 5) is 2.37. The van der Waals surface area contributed by atoms with Gasteiger partial charge in [-0.3, -0.25) is 4.90 Å². The summed E-state index contributed by atoms with van der Waals surface area (Å²) in [6.07, 6.45) is 6.83. The molecule has 0 aromatic heterocycles. The van der Waals surface area contributed by atoms with Gasteiger partial charge in [-0.2, -0.15) is 0 Å². The van der Waals surface area contributed by atoms with Crippen molar-refractivity contribution in [2.75, 3.05) is 32.9 Å². The van der Waals surface area contributed by atoms with Crippen LogP contribution in [0.15, 0.2) is 23.8 Å². The summed E-state index contributed by atoms with van der Waals surface area (Å²) in [6.45, 7) is 8.24. The fraction of sp³-hybridized carbons (Fsp3) is 0.474. The lowest BCUT2D eigenvalue weighted by Gasteiger charge is -2.26. The van der Waals surface area contributed by atoms with Crippen molar-refractivity contribution in [1.29, 1.82) is 0 Å². The van der Waals surface area contributed by atoms with Crippen LogP contribution in [-0.4, -0.2) is 48.0 Å². The van der Waals surface area contributed by atoms with Crippen molar-refractivity contribution in [2.45, 2.75) is 26.8 Å². The molecular formula is C19H27NO3. The number of phenolic OH excluding ortho intramolecular Hbond substituents is 1. The SMILES string of the molecule is CC\C=c1/c(O)ccc(CN2CCOCC2)/c1=C/C=C(\C)CO. The summed E-state index contributed by atoms with van der Waals surface area (Å²) in [5, 5.41) is 21.3. The molecular weight excluding hydrogens is 290 g/mol. The van der Waals surface area contributed by atoms with Crippen molar-refractivity contribution in [2.24, 2.45) is 0 Å². The highest BCUT2D eigenvalue weighted by atomic mass is 16.5. The minimum Gasteiger partial charge on any atom is -0.507 e. The first-order valence-corrected chi connectivity index (χ1v) is 8.25. The lowest BCUT2D eigenvalue weighted by atomic mass is 10.1. The van der Waals surface area contributed by atoms with Crippen LogP contribution in [0.1, 0.15) is 25.8 Å². The van der Waals surface area contributed by atoms with Crippen LogP contribution in [-0.2, 0) is 11.3 Å². The molecule has 0 radical (unpaired) electrons. The van der Waals surface area contributed by atoms with Crippen molar-refractivity contribution >= 4 is 12.2 Å². The van der Waals surface area contributed by atoms with E-state index in [1.165, 1.54) is 5.56 Å². The molecule has 0 amide bonds. The third-order valence-electron chi connectivity index (χ3n) is 4.04. The van der Waals surface area contributed by atoms with Gasteiger partial charge in [0.15, 0.2) is 0 Å². The standard InChI is InChI=1S/C19H27NO3/c1-3-4-18-17(7-5-15(2)14-21)16(6-8-19(18)22)13-20-9-11-23-12-10-20/h4-8,21-22H,3,9-14H2,1-2H3/b15-5+,17-7-,18-4-. The maximum Gasteiger partial charge on any atom is 0.123 e. The van der Waals surface area contributed by atoms with Crippen molar-refractivity contribution in [1.82, 2.24) is 4.90 Å². The molecule has 0 aliphatic carbocycles. The highest BCUT2D eigenvalue weighted by Crippen LogP contribution is 2.06. The van der Waals surface area contributed by atoms with Gasteiger partial charge in [0.25, 0.3) is 0 Å². The van der Waals surface area contributed by atoms with Crippen LogP contribution < -0.4 is 10.4 Å². The second-order valence-corrected chi connectivity index (χ2v) is 5.91. The number of benzene rings is 1. The number of ether oxygens (including phenoxy) is 1. The molecule has 2 rings (SSSR count). The first kappa shape index (κ1) is 17.7. The first-order chi connectivity index (χ1) is 11.2. The van der Waals surface area contributed by atoms with Gasteiger partial charge in [-0.15, -0.1) is 0 Å². The average molecular weight is 317 g/mol. The highest BCUT2D eigenvalue weighted by molar-refractivity contribution is 5.47. The van der Waals surface area contributed by atoms with Crippen LogP contribution in [0.4, 0.5) is 0 Å². The zero-order chi connectivity index (χ0) is 16.7. The Labute approximate surface area is 138 Å². The lowest BCUT2D eigenvalue weighted by molar-refractivity contribution is 0.0340. The predicted molar refractivity (Wildman–Crippen MR) is 93.5 cm³/mol. The van der Waals surface area contributed by atoms with Gasteiger partial charge >= 0.3 is 0 Å². The van der Waals surface area contributed by atoms with E-state index >= 15 is 0 Å². The topological polar surface area (TPSA) is 52.9 Å². The van der Waals surface area contributed by atoms with E-state index in [1.807, 2.05) is 31.2 Å². The van der Waals surface area contributed by atoms with Gasteiger partial charge in [0, 0.05) is 24.9 Å². The van der Waals surface area contributed by atoms with Crippen LogP contribution >= 0.6 is 0 Å². The van der Waals surface area contributed by atoms with Crippen molar-refractivity contribution < 1.29 is 14.9 Å². The van der Waals surface area contributed by atoms with E-state index in [0.717, 1.165) is 55.3 Å². The minimum atomic E-state index is 0.0426. The molecule has 4 nitrogen and oxygen atoms in total. The Hall–Kier alpha value is -1.62. The maximum absolute atomic E-state index is 10.2. The number of aliphatic hydroxyl groups excluding tert-OH is 1. The number of nitrogens with zero attached hydrogens (tertiary/aromatic N) is 1. The van der Waals surface area contributed by atoms with Gasteiger partial charge in [-0.25, -0.2) is 0 Å². The third kappa shape index (κ3) is 4.93. The second kappa shape index (κ2) is 8.87. The molecule has 0 unspecified atom stereocenters. The van der Waals surface area contributed by atoms with E-state index in [2.05, 4.69) is 11.8 Å². The Balaban J connectivity index is 2.48. The highest BCUT2D eigenvalue weighted by Gasteiger charge is 2.12. The minimum absolute atomic E-state index is 0.0426. The number of allylic oxidation sites excluding steroid dienone is 1. The number of hydrogen-bond acceptors (Lipinski definition) is 4. The normalized spacial score (nSPS) is 18.7. The van der Waals surface area contributed by atoms with Gasteiger partial charge in [0.2, 0.25) is 0 Å². The monoisotopic (exact) mass is 317 g/mol. The van der Waals surface area contributed by atoms with E-state index in [9.17, 15) is 10.2 Å². The Kier molecular flexibility index (Phi) is 6.84. The zero-order valence-corrected chi connectivity index (χ0v) is 14.1. The quantitative estimate of drug-likeness (QED) is 0.855. The molecule has 0 spiro atoms. The molecule has 0 atom stereocenters. The lowest BCUT2D eigenvalue weighted by Crippen LogP contribution is -2.39. The Morgan fingerprint density at radius 1 is 1.26 bits per heavy atom. The number of morpholine rings is 1. The van der Waals surface area contributed by atoms with E-state index in [-0.39, 0.29) is 6.61 Å². The molecule has 0 saturated carbocycles. The van der Waals surface area contributed by atoms with Gasteiger partial charge in [-0.05, 0) is 35.8 Å². The molecule has 4 heteroatoms. The predicted octanol–water partition coefficient (Wildman–Crippen LogP) is 1.13. The number of aliphatic hydroxyl groups is 1. The molecule has 1 aliphatic heterocycles. The molecule has 1 heterocycles. The number of rotatable bonds is 5. The summed E-state index contributed by atoms with van der Waals surface area (Å²) in [7, 11) is 0. The average Bonchev–Trinajstić information content (AvgIpc) is 2.58. The Bertz CT molecular complexity index is 658. The maximum atomic E-state index is 10.2. The van der Waals surface area contributed by atoms with Gasteiger partial charge < -0.3 is 14.9 Å². The van der Waals surface area contributed by atoms with Crippen LogP contribution in [0.2, 0.25) is 0 Å². The summed E-state index contributed by atoms with van der Waals surface area (Å²) in [5.74, 6) is 0.305. The van der Waals surface area contributed by atoms with Gasteiger partial charge in [-0.1, -0.05) is 31.2 Å². The van der Waals surface area contributed by atoms with Crippen molar-refractivity contribution in [3.8, 4) is 5.75 Å². The molecule has 1 aliphatic rings. The molecule has 2 N–H and O–H groups in total. The summed E-state index contributed by atoms with van der Waals surface area (Å²) >= 11 is 0. The van der Waals surface area contributed by atoms with E-state index in [0.29, 0.717) is 5.75 Å². The van der Waals surface area contributed by atoms with Crippen LogP contribution in [0.25, 0.3) is 12.2 Å². The Morgan fingerprint density at radius 3 is 2.65 bits per heavy atom. The van der Waals surface area contributed by atoms with Crippen molar-refractivity contribution in [3.63, 3.8) is 0 Å². The third-order valence-corrected chi connectivity index (χ3v) is 4.04. The molecule has 1 fully saturated rings. The van der Waals surface area contributed by atoms with Crippen LogP contribution in [0, 0.1) is 0 Å². The number of phenols is 1. The number of hydrogen-bond donors (Lipinski definition) is 2. The number of aromatic hydroxyl groups is 1. The van der Waals surface area contributed by atoms with Crippen molar-refractivity contribution in [3.05, 3.63) is 39.8 Å². The van der Waals surface area contributed by atoms with E-state index in [1.54, 1.807) is 6.07 Å². The smallest absolute Gasteiger partial charge is 0.123 e. The van der Waals surface area contributed by atoms with E-state index in [4.69, 9.17) is 4.74 Å². The Morgan fingerprint density at radius 2 is 2.00 bits per heavy atom. The molecule has 126 valence electrons.